The van der Waals surface area contributed by atoms with Crippen LogP contribution in [0.1, 0.15) is 0 Å². The second-order valence-electron chi connectivity index (χ2n) is 5.76. The molecule has 0 saturated carbocycles. The molecule has 0 aliphatic carbocycles. The van der Waals surface area contributed by atoms with Crippen molar-refractivity contribution in [2.24, 2.45) is 5.92 Å². The van der Waals surface area contributed by atoms with Gasteiger partial charge in [0.15, 0.2) is 0 Å². The molecule has 0 radical (unpaired) electrons. The minimum atomic E-state index is -0.0317. The molecule has 2 aromatic rings. The number of ether oxygens (including phenoxy) is 2. The molecule has 3 rings (SSSR count). The van der Waals surface area contributed by atoms with Crippen molar-refractivity contribution in [2.75, 3.05) is 40.5 Å². The van der Waals surface area contributed by atoms with Gasteiger partial charge in [0.1, 0.15) is 11.3 Å². The van der Waals surface area contributed by atoms with Crippen molar-refractivity contribution in [2.45, 2.75) is 6.54 Å². The van der Waals surface area contributed by atoms with Crippen LogP contribution in [0.2, 0.25) is 0 Å². The monoisotopic (exact) mass is 303 g/mol. The second kappa shape index (κ2) is 6.46. The Hall–Kier alpha value is -1.92. The first-order chi connectivity index (χ1) is 10.7. The summed E-state index contributed by atoms with van der Waals surface area (Å²) in [5.41, 5.74) is 0.580. The molecule has 1 aliphatic heterocycles. The minimum Gasteiger partial charge on any atom is -0.494 e. The zero-order chi connectivity index (χ0) is 15.5. The van der Waals surface area contributed by atoms with Crippen molar-refractivity contribution in [3.05, 3.63) is 34.9 Å². The van der Waals surface area contributed by atoms with Crippen LogP contribution in [0, 0.1) is 5.92 Å². The third-order valence-corrected chi connectivity index (χ3v) is 4.03. The van der Waals surface area contributed by atoms with Crippen LogP contribution < -0.4 is 10.3 Å². The number of para-hydroxylation sites is 1. The first-order valence-electron chi connectivity index (χ1n) is 7.47. The molecule has 0 spiro atoms. The Morgan fingerprint density at radius 2 is 2.32 bits per heavy atom. The van der Waals surface area contributed by atoms with E-state index in [1.165, 1.54) is 0 Å². The molecule has 6 heteroatoms. The fourth-order valence-electron chi connectivity index (χ4n) is 2.90. The molecule has 1 fully saturated rings. The summed E-state index contributed by atoms with van der Waals surface area (Å²) in [6, 6.07) is 5.42. The number of methoxy groups -OCH3 is 1. The molecule has 1 aromatic heterocycles. The second-order valence-corrected chi connectivity index (χ2v) is 5.76. The van der Waals surface area contributed by atoms with Crippen LogP contribution in [0.4, 0.5) is 0 Å². The smallest absolute Gasteiger partial charge is 0.261 e. The van der Waals surface area contributed by atoms with Crippen molar-refractivity contribution in [1.82, 2.24) is 14.5 Å². The number of nitrogens with zero attached hydrogens (tertiary/aromatic N) is 3. The van der Waals surface area contributed by atoms with E-state index >= 15 is 0 Å². The van der Waals surface area contributed by atoms with E-state index in [1.54, 1.807) is 24.1 Å². The number of benzene rings is 1. The summed E-state index contributed by atoms with van der Waals surface area (Å²) < 4.78 is 12.6. The van der Waals surface area contributed by atoms with Gasteiger partial charge < -0.3 is 14.4 Å². The van der Waals surface area contributed by atoms with Gasteiger partial charge in [0.05, 0.1) is 32.0 Å². The van der Waals surface area contributed by atoms with Crippen LogP contribution in [0.25, 0.3) is 10.9 Å². The quantitative estimate of drug-likeness (QED) is 0.846. The maximum Gasteiger partial charge on any atom is 0.261 e. The summed E-state index contributed by atoms with van der Waals surface area (Å²) in [6.07, 6.45) is 1.61. The number of likely N-dealkylation sites (N-methyl/N-ethyl adjacent to an activating group) is 1. The summed E-state index contributed by atoms with van der Waals surface area (Å²) in [4.78, 5) is 19.3. The number of rotatable bonds is 3. The number of hydrogen-bond acceptors (Lipinski definition) is 5. The van der Waals surface area contributed by atoms with E-state index in [2.05, 4.69) is 16.9 Å². The normalized spacial score (nSPS) is 20.0. The molecule has 22 heavy (non-hydrogen) atoms. The van der Waals surface area contributed by atoms with E-state index in [4.69, 9.17) is 9.47 Å². The van der Waals surface area contributed by atoms with Gasteiger partial charge in [-0.15, -0.1) is 0 Å². The van der Waals surface area contributed by atoms with Crippen molar-refractivity contribution in [1.29, 1.82) is 0 Å². The number of hydrogen-bond donors (Lipinski definition) is 0. The van der Waals surface area contributed by atoms with Crippen molar-refractivity contribution in [3.8, 4) is 5.75 Å². The van der Waals surface area contributed by atoms with Crippen LogP contribution in [0.3, 0.4) is 0 Å². The Bertz CT molecular complexity index is 713. The van der Waals surface area contributed by atoms with Gasteiger partial charge in [-0.25, -0.2) is 4.98 Å². The predicted octanol–water partition coefficient (Wildman–Crippen LogP) is 0.983. The van der Waals surface area contributed by atoms with Crippen molar-refractivity contribution >= 4 is 10.9 Å². The fraction of sp³-hybridized carbons (Fsp3) is 0.500. The first kappa shape index (κ1) is 15.0. The maximum atomic E-state index is 12.7. The van der Waals surface area contributed by atoms with Gasteiger partial charge in [-0.05, 0) is 19.2 Å². The first-order valence-corrected chi connectivity index (χ1v) is 7.47. The average Bonchev–Trinajstić information content (AvgIpc) is 2.73. The molecule has 1 aromatic carbocycles. The molecule has 118 valence electrons. The third kappa shape index (κ3) is 2.98. The largest absolute Gasteiger partial charge is 0.494 e. The minimum absolute atomic E-state index is 0.0317. The van der Waals surface area contributed by atoms with E-state index in [1.807, 2.05) is 12.1 Å². The highest BCUT2D eigenvalue weighted by Crippen LogP contribution is 2.20. The summed E-state index contributed by atoms with van der Waals surface area (Å²) >= 11 is 0. The highest BCUT2D eigenvalue weighted by Gasteiger charge is 2.18. The van der Waals surface area contributed by atoms with Gasteiger partial charge in [-0.2, -0.15) is 0 Å². The van der Waals surface area contributed by atoms with Gasteiger partial charge in [-0.3, -0.25) is 9.36 Å². The van der Waals surface area contributed by atoms with Crippen molar-refractivity contribution < 1.29 is 9.47 Å². The Labute approximate surface area is 129 Å². The average molecular weight is 303 g/mol. The molecule has 0 unspecified atom stereocenters. The zero-order valence-electron chi connectivity index (χ0n) is 13.0. The molecular formula is C16H21N3O3. The third-order valence-electron chi connectivity index (χ3n) is 4.03. The SMILES string of the molecule is COc1cccc2c(=O)n(C[C@@H]3COCCN(C)C3)cnc12. The standard InChI is InChI=1S/C16H21N3O3/c1-18-6-7-22-10-12(8-18)9-19-11-17-15-13(16(19)20)4-3-5-14(15)21-2/h3-5,11-12H,6-10H2,1-2H3/t12-/m1/s1. The van der Waals surface area contributed by atoms with Gasteiger partial charge in [0.25, 0.3) is 5.56 Å². The lowest BCUT2D eigenvalue weighted by Gasteiger charge is -2.19. The van der Waals surface area contributed by atoms with Gasteiger partial charge in [0.2, 0.25) is 0 Å². The van der Waals surface area contributed by atoms with Crippen LogP contribution in [-0.4, -0.2) is 54.9 Å². The van der Waals surface area contributed by atoms with Crippen LogP contribution in [0.15, 0.2) is 29.3 Å². The Morgan fingerprint density at radius 3 is 3.14 bits per heavy atom. The summed E-state index contributed by atoms with van der Waals surface area (Å²) in [7, 11) is 3.66. The molecule has 1 atom stereocenters. The Balaban J connectivity index is 1.91. The van der Waals surface area contributed by atoms with Gasteiger partial charge in [-0.1, -0.05) is 6.07 Å². The lowest BCUT2D eigenvalue weighted by molar-refractivity contribution is 0.117. The van der Waals surface area contributed by atoms with Gasteiger partial charge >= 0.3 is 0 Å². The topological polar surface area (TPSA) is 56.6 Å². The lowest BCUT2D eigenvalue weighted by Crippen LogP contribution is -2.32. The molecule has 2 heterocycles. The van der Waals surface area contributed by atoms with E-state index in [9.17, 15) is 4.79 Å². The summed E-state index contributed by atoms with van der Waals surface area (Å²) in [5.74, 6) is 0.911. The van der Waals surface area contributed by atoms with E-state index < -0.39 is 0 Å². The van der Waals surface area contributed by atoms with E-state index in [0.29, 0.717) is 29.8 Å². The predicted molar refractivity (Wildman–Crippen MR) is 84.4 cm³/mol. The molecule has 6 nitrogen and oxygen atoms in total. The Morgan fingerprint density at radius 1 is 1.45 bits per heavy atom. The summed E-state index contributed by atoms with van der Waals surface area (Å²) in [6.45, 7) is 3.88. The molecule has 1 saturated heterocycles. The molecule has 0 amide bonds. The zero-order valence-corrected chi connectivity index (χ0v) is 13.0. The highest BCUT2D eigenvalue weighted by atomic mass is 16.5. The molecule has 1 aliphatic rings. The van der Waals surface area contributed by atoms with Gasteiger partial charge in [0, 0.05) is 25.6 Å². The van der Waals surface area contributed by atoms with E-state index in [0.717, 1.165) is 19.7 Å². The number of fused-ring (bicyclic) bond motifs is 1. The fourth-order valence-corrected chi connectivity index (χ4v) is 2.90. The maximum absolute atomic E-state index is 12.7. The van der Waals surface area contributed by atoms with E-state index in [-0.39, 0.29) is 11.5 Å². The summed E-state index contributed by atoms with van der Waals surface area (Å²) in [5, 5.41) is 0.588. The molecule has 0 N–H and O–H groups in total. The highest BCUT2D eigenvalue weighted by molar-refractivity contribution is 5.83. The molecular weight excluding hydrogens is 282 g/mol. The molecule has 0 bridgehead atoms. The van der Waals surface area contributed by atoms with Crippen LogP contribution >= 0.6 is 0 Å². The van der Waals surface area contributed by atoms with Crippen LogP contribution in [0.5, 0.6) is 5.75 Å². The Kier molecular flexibility index (Phi) is 4.40. The number of aromatic nitrogens is 2. The van der Waals surface area contributed by atoms with Crippen LogP contribution in [-0.2, 0) is 11.3 Å². The lowest BCUT2D eigenvalue weighted by atomic mass is 10.1. The van der Waals surface area contributed by atoms with Crippen molar-refractivity contribution in [3.63, 3.8) is 0 Å².